The predicted octanol–water partition coefficient (Wildman–Crippen LogP) is 3.75. The Morgan fingerprint density at radius 1 is 0.844 bits per heavy atom. The summed E-state index contributed by atoms with van der Waals surface area (Å²) in [6.07, 6.45) is 0.112. The van der Waals surface area contributed by atoms with Crippen LogP contribution in [-0.4, -0.2) is 35.0 Å². The van der Waals surface area contributed by atoms with E-state index in [1.807, 2.05) is 71.3 Å². The molecule has 32 heavy (non-hydrogen) atoms. The highest BCUT2D eigenvalue weighted by Crippen LogP contribution is 2.20. The van der Waals surface area contributed by atoms with Crippen LogP contribution in [0.2, 0.25) is 0 Å². The average molecular weight is 428 g/mol. The lowest BCUT2D eigenvalue weighted by atomic mass is 10.1. The van der Waals surface area contributed by atoms with Gasteiger partial charge in [-0.15, -0.1) is 0 Å². The molecule has 1 heterocycles. The van der Waals surface area contributed by atoms with Crippen molar-refractivity contribution in [1.29, 1.82) is 0 Å². The average Bonchev–Trinajstić information content (AvgIpc) is 2.84. The van der Waals surface area contributed by atoms with Crippen LogP contribution < -0.4 is 5.43 Å². The molecule has 0 aliphatic carbocycles. The Bertz CT molecular complexity index is 1270. The molecule has 0 radical (unpaired) electrons. The van der Waals surface area contributed by atoms with Crippen molar-refractivity contribution in [3.05, 3.63) is 94.6 Å². The molecule has 0 saturated heterocycles. The molecule has 0 atom stereocenters. The van der Waals surface area contributed by atoms with Gasteiger partial charge >= 0.3 is 5.97 Å². The van der Waals surface area contributed by atoms with E-state index in [4.69, 9.17) is 4.74 Å². The molecule has 6 nitrogen and oxygen atoms in total. The Kier molecular flexibility index (Phi) is 6.31. The number of pyridine rings is 1. The molecule has 4 rings (SSSR count). The van der Waals surface area contributed by atoms with Gasteiger partial charge in [0.2, 0.25) is 5.91 Å². The van der Waals surface area contributed by atoms with E-state index in [9.17, 15) is 14.4 Å². The second-order valence-corrected chi connectivity index (χ2v) is 7.58. The summed E-state index contributed by atoms with van der Waals surface area (Å²) < 4.78 is 6.64. The van der Waals surface area contributed by atoms with Crippen LogP contribution in [0.4, 0.5) is 0 Å². The summed E-state index contributed by atoms with van der Waals surface area (Å²) in [6.45, 7) is 0.679. The Labute approximate surface area is 185 Å². The number of hydrogen-bond donors (Lipinski definition) is 0. The number of para-hydroxylation sites is 2. The van der Waals surface area contributed by atoms with Crippen molar-refractivity contribution in [2.24, 2.45) is 0 Å². The first-order chi connectivity index (χ1) is 15.6. The number of fused-ring (bicyclic) bond motifs is 2. The summed E-state index contributed by atoms with van der Waals surface area (Å²) in [7, 11) is 1.34. The van der Waals surface area contributed by atoms with Crippen LogP contribution in [-0.2, 0) is 27.4 Å². The van der Waals surface area contributed by atoms with Crippen molar-refractivity contribution < 1.29 is 14.3 Å². The van der Waals surface area contributed by atoms with Crippen LogP contribution in [0.1, 0.15) is 12.0 Å². The van der Waals surface area contributed by atoms with Gasteiger partial charge < -0.3 is 14.2 Å². The van der Waals surface area contributed by atoms with Crippen molar-refractivity contribution in [2.75, 3.05) is 13.7 Å². The molecule has 0 bridgehead atoms. The SMILES string of the molecule is COC(=O)CCN(Cc1ccccc1)C(=O)Cn1c2ccccc2c(=O)c2ccccc21. The van der Waals surface area contributed by atoms with Crippen molar-refractivity contribution in [2.45, 2.75) is 19.5 Å². The Morgan fingerprint density at radius 2 is 1.41 bits per heavy atom. The minimum atomic E-state index is -0.366. The van der Waals surface area contributed by atoms with Gasteiger partial charge in [-0.2, -0.15) is 0 Å². The maximum atomic E-state index is 13.5. The molecule has 1 amide bonds. The fourth-order valence-electron chi connectivity index (χ4n) is 3.91. The molecular weight excluding hydrogens is 404 g/mol. The Hall–Kier alpha value is -3.93. The van der Waals surface area contributed by atoms with Crippen LogP contribution in [0.25, 0.3) is 21.8 Å². The van der Waals surface area contributed by atoms with Gasteiger partial charge in [0.1, 0.15) is 6.54 Å². The van der Waals surface area contributed by atoms with Crippen molar-refractivity contribution >= 4 is 33.7 Å². The molecule has 162 valence electrons. The summed E-state index contributed by atoms with van der Waals surface area (Å²) in [6, 6.07) is 24.3. The Morgan fingerprint density at radius 3 is 2.00 bits per heavy atom. The second kappa shape index (κ2) is 9.47. The third-order valence-electron chi connectivity index (χ3n) is 5.55. The summed E-state index contributed by atoms with van der Waals surface area (Å²) in [4.78, 5) is 39.8. The lowest BCUT2D eigenvalue weighted by Gasteiger charge is -2.24. The molecule has 3 aromatic carbocycles. The van der Waals surface area contributed by atoms with Crippen LogP contribution >= 0.6 is 0 Å². The number of methoxy groups -OCH3 is 1. The zero-order valence-electron chi connectivity index (χ0n) is 17.9. The highest BCUT2D eigenvalue weighted by molar-refractivity contribution is 5.94. The zero-order chi connectivity index (χ0) is 22.5. The monoisotopic (exact) mass is 428 g/mol. The normalized spacial score (nSPS) is 10.9. The van der Waals surface area contributed by atoms with Gasteiger partial charge in [0.25, 0.3) is 0 Å². The molecule has 0 spiro atoms. The number of ether oxygens (including phenoxy) is 1. The van der Waals surface area contributed by atoms with E-state index in [1.54, 1.807) is 17.0 Å². The van der Waals surface area contributed by atoms with Gasteiger partial charge in [-0.25, -0.2) is 0 Å². The van der Waals surface area contributed by atoms with Crippen molar-refractivity contribution in [3.8, 4) is 0 Å². The van der Waals surface area contributed by atoms with E-state index < -0.39 is 0 Å². The topological polar surface area (TPSA) is 68.6 Å². The number of rotatable bonds is 7. The number of carbonyl (C=O) groups is 2. The van der Waals surface area contributed by atoms with E-state index >= 15 is 0 Å². The predicted molar refractivity (Wildman–Crippen MR) is 124 cm³/mol. The quantitative estimate of drug-likeness (QED) is 0.332. The van der Waals surface area contributed by atoms with Gasteiger partial charge in [-0.3, -0.25) is 14.4 Å². The van der Waals surface area contributed by atoms with Gasteiger partial charge in [0.15, 0.2) is 5.43 Å². The third-order valence-corrected chi connectivity index (χ3v) is 5.55. The number of hydrogen-bond acceptors (Lipinski definition) is 4. The fourth-order valence-corrected chi connectivity index (χ4v) is 3.91. The van der Waals surface area contributed by atoms with E-state index in [0.717, 1.165) is 5.56 Å². The maximum absolute atomic E-state index is 13.5. The van der Waals surface area contributed by atoms with Crippen LogP contribution in [0.5, 0.6) is 0 Å². The summed E-state index contributed by atoms with van der Waals surface area (Å²) in [5.74, 6) is -0.508. The number of nitrogens with zero attached hydrogens (tertiary/aromatic N) is 2. The van der Waals surface area contributed by atoms with Gasteiger partial charge in [0, 0.05) is 23.9 Å². The molecule has 1 aromatic heterocycles. The summed E-state index contributed by atoms with van der Waals surface area (Å²) >= 11 is 0. The fraction of sp³-hybridized carbons (Fsp3) is 0.192. The minimum absolute atomic E-state index is 0.0493. The molecule has 0 unspecified atom stereocenters. The molecule has 4 aromatic rings. The second-order valence-electron chi connectivity index (χ2n) is 7.58. The van der Waals surface area contributed by atoms with Crippen molar-refractivity contribution in [1.82, 2.24) is 9.47 Å². The smallest absolute Gasteiger partial charge is 0.307 e. The first-order valence-corrected chi connectivity index (χ1v) is 10.5. The number of esters is 1. The van der Waals surface area contributed by atoms with E-state index in [1.165, 1.54) is 7.11 Å². The zero-order valence-corrected chi connectivity index (χ0v) is 17.9. The van der Waals surface area contributed by atoms with Gasteiger partial charge in [-0.1, -0.05) is 54.6 Å². The van der Waals surface area contributed by atoms with Gasteiger partial charge in [-0.05, 0) is 29.8 Å². The molecule has 0 aliphatic rings. The lowest BCUT2D eigenvalue weighted by Crippen LogP contribution is -2.35. The number of benzene rings is 3. The number of amides is 1. The van der Waals surface area contributed by atoms with Crippen LogP contribution in [0.3, 0.4) is 0 Å². The first-order valence-electron chi connectivity index (χ1n) is 10.5. The summed E-state index contributed by atoms with van der Waals surface area (Å²) in [5.41, 5.74) is 2.33. The standard InChI is InChI=1S/C26H24N2O4/c1-32-25(30)15-16-27(17-19-9-3-2-4-10-19)24(29)18-28-22-13-7-5-11-20(22)26(31)21-12-6-8-14-23(21)28/h2-14H,15-18H2,1H3. The van der Waals surface area contributed by atoms with E-state index in [0.29, 0.717) is 28.4 Å². The molecule has 0 saturated carbocycles. The third kappa shape index (κ3) is 4.39. The van der Waals surface area contributed by atoms with Gasteiger partial charge in [0.05, 0.1) is 24.6 Å². The molecule has 0 fully saturated rings. The van der Waals surface area contributed by atoms with Crippen molar-refractivity contribution in [3.63, 3.8) is 0 Å². The maximum Gasteiger partial charge on any atom is 0.307 e. The highest BCUT2D eigenvalue weighted by Gasteiger charge is 2.19. The number of aromatic nitrogens is 1. The van der Waals surface area contributed by atoms with Crippen LogP contribution in [0, 0.1) is 0 Å². The molecule has 6 heteroatoms. The molecule has 0 N–H and O–H groups in total. The van der Waals surface area contributed by atoms with E-state index in [2.05, 4.69) is 0 Å². The molecule has 0 aliphatic heterocycles. The molecular formula is C26H24N2O4. The lowest BCUT2D eigenvalue weighted by molar-refractivity contribution is -0.142. The van der Waals surface area contributed by atoms with E-state index in [-0.39, 0.29) is 36.8 Å². The largest absolute Gasteiger partial charge is 0.469 e. The first kappa shape index (κ1) is 21.3. The highest BCUT2D eigenvalue weighted by atomic mass is 16.5. The number of carbonyl (C=O) groups excluding carboxylic acids is 2. The Balaban J connectivity index is 1.73. The minimum Gasteiger partial charge on any atom is -0.469 e. The van der Waals surface area contributed by atoms with Crippen LogP contribution in [0.15, 0.2) is 83.7 Å². The summed E-state index contributed by atoms with van der Waals surface area (Å²) in [5, 5.41) is 1.14.